The fourth-order valence-corrected chi connectivity index (χ4v) is 3.12. The van der Waals surface area contributed by atoms with Crippen LogP contribution in [0.4, 0.5) is 0 Å². The van der Waals surface area contributed by atoms with Crippen molar-refractivity contribution in [1.29, 1.82) is 0 Å². The molecule has 5 heteroatoms. The van der Waals surface area contributed by atoms with E-state index in [0.717, 1.165) is 23.7 Å². The average molecular weight is 202 g/mol. The molecule has 1 aliphatic rings. The maximum absolute atomic E-state index is 10.9. The van der Waals surface area contributed by atoms with Crippen LogP contribution in [0.2, 0.25) is 0 Å². The topological polar surface area (TPSA) is 61.1 Å². The second-order valence-corrected chi connectivity index (χ2v) is 5.17. The van der Waals surface area contributed by atoms with Crippen LogP contribution >= 0.6 is 11.3 Å². The third kappa shape index (κ3) is 1.51. The first kappa shape index (κ1) is 8.52. The minimum absolute atomic E-state index is 0.795. The van der Waals surface area contributed by atoms with Gasteiger partial charge in [-0.1, -0.05) is 11.3 Å². The average Bonchev–Trinajstić information content (AvgIpc) is 2.46. The number of fused-ring (bicyclic) bond motifs is 1. The van der Waals surface area contributed by atoms with Crippen molar-refractivity contribution in [3.05, 3.63) is 16.5 Å². The number of hydrogen-bond donors (Lipinski definition) is 2. The summed E-state index contributed by atoms with van der Waals surface area (Å²) in [4.78, 5) is 1.34. The van der Waals surface area contributed by atoms with Gasteiger partial charge in [0.15, 0.2) is 0 Å². The SMILES string of the molecule is N[S+]([O-])c1cc2c(s1)CCNC2. The van der Waals surface area contributed by atoms with Crippen LogP contribution in [0.3, 0.4) is 0 Å². The molecule has 3 nitrogen and oxygen atoms in total. The molecule has 0 saturated carbocycles. The zero-order valence-electron chi connectivity index (χ0n) is 6.50. The lowest BCUT2D eigenvalue weighted by Gasteiger charge is -2.10. The summed E-state index contributed by atoms with van der Waals surface area (Å²) in [7, 11) is 0. The lowest BCUT2D eigenvalue weighted by molar-refractivity contribution is 0.598. The molecule has 12 heavy (non-hydrogen) atoms. The molecule has 0 spiro atoms. The third-order valence-corrected chi connectivity index (χ3v) is 4.21. The van der Waals surface area contributed by atoms with Crippen LogP contribution in [0.25, 0.3) is 0 Å². The van der Waals surface area contributed by atoms with E-state index < -0.39 is 11.4 Å². The zero-order valence-corrected chi connectivity index (χ0v) is 8.13. The Morgan fingerprint density at radius 1 is 1.67 bits per heavy atom. The summed E-state index contributed by atoms with van der Waals surface area (Å²) in [5.41, 5.74) is 1.26. The molecule has 0 fully saturated rings. The fraction of sp³-hybridized carbons (Fsp3) is 0.429. The Kier molecular flexibility index (Phi) is 2.38. The van der Waals surface area contributed by atoms with Crippen LogP contribution in [0.5, 0.6) is 0 Å². The molecule has 1 aromatic rings. The van der Waals surface area contributed by atoms with Gasteiger partial charge in [0, 0.05) is 24.0 Å². The maximum Gasteiger partial charge on any atom is 0.228 e. The Hall–Kier alpha value is -0.0700. The number of thiophene rings is 1. The zero-order chi connectivity index (χ0) is 8.55. The van der Waals surface area contributed by atoms with Crippen LogP contribution in [0, 0.1) is 0 Å². The standard InChI is InChI=1S/C7H10N2OS2/c8-12(10)7-3-5-4-9-2-1-6(5)11-7/h3,9H,1-2,4,8H2. The van der Waals surface area contributed by atoms with E-state index in [2.05, 4.69) is 5.32 Å². The summed E-state index contributed by atoms with van der Waals surface area (Å²) >= 11 is 0.275. The molecule has 1 aliphatic heterocycles. The van der Waals surface area contributed by atoms with Gasteiger partial charge in [-0.25, -0.2) is 0 Å². The minimum Gasteiger partial charge on any atom is -0.592 e. The molecular formula is C7H10N2OS2. The van der Waals surface area contributed by atoms with Crippen molar-refractivity contribution in [2.75, 3.05) is 6.54 Å². The number of hydrogen-bond acceptors (Lipinski definition) is 4. The summed E-state index contributed by atoms with van der Waals surface area (Å²) in [6.07, 6.45) is 1.04. The molecule has 0 amide bonds. The predicted octanol–water partition coefficient (Wildman–Crippen LogP) is 0.375. The lowest BCUT2D eigenvalue weighted by atomic mass is 10.1. The van der Waals surface area contributed by atoms with E-state index in [1.165, 1.54) is 10.4 Å². The van der Waals surface area contributed by atoms with Crippen LogP contribution in [-0.2, 0) is 24.3 Å². The molecular weight excluding hydrogens is 192 g/mol. The summed E-state index contributed by atoms with van der Waals surface area (Å²) in [5, 5.41) is 8.55. The fourth-order valence-electron chi connectivity index (χ4n) is 1.32. The third-order valence-electron chi connectivity index (χ3n) is 1.92. The van der Waals surface area contributed by atoms with Crippen molar-refractivity contribution in [3.8, 4) is 0 Å². The molecule has 1 atom stereocenters. The second-order valence-electron chi connectivity index (χ2n) is 2.74. The van der Waals surface area contributed by atoms with E-state index in [9.17, 15) is 4.55 Å². The van der Waals surface area contributed by atoms with Gasteiger partial charge in [-0.2, -0.15) is 0 Å². The van der Waals surface area contributed by atoms with Gasteiger partial charge in [0.25, 0.3) is 0 Å². The molecule has 2 heterocycles. The number of nitrogens with two attached hydrogens (primary N) is 1. The highest BCUT2D eigenvalue weighted by Gasteiger charge is 2.17. The number of nitrogens with one attached hydrogen (secondary N) is 1. The smallest absolute Gasteiger partial charge is 0.228 e. The van der Waals surface area contributed by atoms with Gasteiger partial charge in [0.1, 0.15) is 0 Å². The highest BCUT2D eigenvalue weighted by molar-refractivity contribution is 7.91. The van der Waals surface area contributed by atoms with Gasteiger partial charge in [-0.05, 0) is 12.0 Å². The Balaban J connectivity index is 2.32. The van der Waals surface area contributed by atoms with Crippen molar-refractivity contribution in [1.82, 2.24) is 5.32 Å². The highest BCUT2D eigenvalue weighted by Crippen LogP contribution is 2.27. The monoisotopic (exact) mass is 202 g/mol. The van der Waals surface area contributed by atoms with E-state index in [0.29, 0.717) is 0 Å². The molecule has 66 valence electrons. The van der Waals surface area contributed by atoms with Crippen molar-refractivity contribution in [3.63, 3.8) is 0 Å². The van der Waals surface area contributed by atoms with Crippen LogP contribution < -0.4 is 10.5 Å². The van der Waals surface area contributed by atoms with Crippen molar-refractivity contribution in [2.45, 2.75) is 17.2 Å². The van der Waals surface area contributed by atoms with Crippen molar-refractivity contribution < 1.29 is 4.55 Å². The molecule has 0 saturated heterocycles. The van der Waals surface area contributed by atoms with Crippen molar-refractivity contribution in [2.24, 2.45) is 5.14 Å². The van der Waals surface area contributed by atoms with Gasteiger partial charge < -0.3 is 9.87 Å². The van der Waals surface area contributed by atoms with E-state index in [-0.39, 0.29) is 0 Å². The van der Waals surface area contributed by atoms with Crippen molar-refractivity contribution >= 4 is 22.7 Å². The Labute approximate surface area is 78.3 Å². The summed E-state index contributed by atoms with van der Waals surface area (Å²) < 4.78 is 11.7. The van der Waals surface area contributed by atoms with Crippen LogP contribution in [0.1, 0.15) is 10.4 Å². The molecule has 1 unspecified atom stereocenters. The Morgan fingerprint density at radius 2 is 2.50 bits per heavy atom. The molecule has 0 bridgehead atoms. The van der Waals surface area contributed by atoms with Gasteiger partial charge in [0.05, 0.1) is 11.4 Å². The Bertz CT molecular complexity index is 261. The first-order valence-electron chi connectivity index (χ1n) is 3.76. The summed E-state index contributed by atoms with van der Waals surface area (Å²) in [6, 6.07) is 1.95. The summed E-state index contributed by atoms with van der Waals surface area (Å²) in [6.45, 7) is 1.91. The molecule has 2 rings (SSSR count). The minimum atomic E-state index is -1.30. The second kappa shape index (κ2) is 3.35. The maximum atomic E-state index is 10.9. The van der Waals surface area contributed by atoms with E-state index in [1.807, 2.05) is 6.07 Å². The van der Waals surface area contributed by atoms with E-state index in [1.54, 1.807) is 11.3 Å². The van der Waals surface area contributed by atoms with Gasteiger partial charge in [0.2, 0.25) is 4.21 Å². The van der Waals surface area contributed by atoms with Gasteiger partial charge >= 0.3 is 0 Å². The van der Waals surface area contributed by atoms with Gasteiger partial charge in [-0.3, -0.25) is 0 Å². The first-order valence-corrected chi connectivity index (χ1v) is 5.79. The quantitative estimate of drug-likeness (QED) is 0.647. The molecule has 0 radical (unpaired) electrons. The largest absolute Gasteiger partial charge is 0.592 e. The Morgan fingerprint density at radius 3 is 3.17 bits per heavy atom. The van der Waals surface area contributed by atoms with Gasteiger partial charge in [-0.15, -0.1) is 5.14 Å². The molecule has 1 aromatic heterocycles. The van der Waals surface area contributed by atoms with Crippen LogP contribution in [-0.4, -0.2) is 11.1 Å². The normalized spacial score (nSPS) is 18.8. The van der Waals surface area contributed by atoms with E-state index in [4.69, 9.17) is 5.14 Å². The number of rotatable bonds is 1. The van der Waals surface area contributed by atoms with Crippen LogP contribution in [0.15, 0.2) is 10.3 Å². The highest BCUT2D eigenvalue weighted by atomic mass is 32.2. The molecule has 3 N–H and O–H groups in total. The predicted molar refractivity (Wildman–Crippen MR) is 50.3 cm³/mol. The summed E-state index contributed by atoms with van der Waals surface area (Å²) in [5.74, 6) is 0. The first-order chi connectivity index (χ1) is 5.77. The molecule has 0 aliphatic carbocycles. The molecule has 0 aromatic carbocycles. The van der Waals surface area contributed by atoms with E-state index >= 15 is 0 Å². The lowest BCUT2D eigenvalue weighted by Crippen LogP contribution is -2.21.